The zero-order valence-corrected chi connectivity index (χ0v) is 16.3. The maximum absolute atomic E-state index is 12.9. The molecule has 30 heavy (non-hydrogen) atoms. The molecule has 1 aliphatic heterocycles. The third-order valence-corrected chi connectivity index (χ3v) is 5.56. The van der Waals surface area contributed by atoms with Crippen LogP contribution in [-0.2, 0) is 9.47 Å². The van der Waals surface area contributed by atoms with Gasteiger partial charge in [0.1, 0.15) is 30.2 Å². The number of thiophene rings is 1. The smallest absolute Gasteiger partial charge is 0.418 e. The number of H-pyrrole nitrogens is 1. The molecule has 5 atom stereocenters. The second-order valence-corrected chi connectivity index (χ2v) is 7.41. The van der Waals surface area contributed by atoms with E-state index in [1.807, 2.05) is 0 Å². The molecule has 2 aromatic heterocycles. The minimum absolute atomic E-state index is 0.133. The van der Waals surface area contributed by atoms with Gasteiger partial charge in [-0.3, -0.25) is 15.1 Å². The van der Waals surface area contributed by atoms with E-state index in [4.69, 9.17) is 9.47 Å². The van der Waals surface area contributed by atoms with E-state index < -0.39 is 54.0 Å². The van der Waals surface area contributed by atoms with E-state index in [0.29, 0.717) is 4.88 Å². The van der Waals surface area contributed by atoms with Crippen LogP contribution in [0.2, 0.25) is 0 Å². The highest BCUT2D eigenvalue weighted by atomic mass is 32.1. The van der Waals surface area contributed by atoms with Crippen LogP contribution in [-0.4, -0.2) is 67.5 Å². The Morgan fingerprint density at radius 1 is 1.43 bits per heavy atom. The number of nitro groups is 1. The lowest BCUT2D eigenvalue weighted by molar-refractivity contribution is -0.380. The van der Waals surface area contributed by atoms with Gasteiger partial charge in [-0.2, -0.15) is 0 Å². The molecular weight excluding hydrogens is 424 g/mol. The molecule has 0 bridgehead atoms. The van der Waals surface area contributed by atoms with Crippen molar-refractivity contribution in [3.05, 3.63) is 49.9 Å². The predicted molar refractivity (Wildman–Crippen MR) is 101 cm³/mol. The summed E-state index contributed by atoms with van der Waals surface area (Å²) in [5.74, 6) is -0.140. The molecule has 1 unspecified atom stereocenters. The first-order valence-corrected chi connectivity index (χ1v) is 9.46. The number of hydrogen-bond donors (Lipinski definition) is 4. The van der Waals surface area contributed by atoms with Crippen molar-refractivity contribution in [1.82, 2.24) is 9.97 Å². The standard InChI is InChI=1S/C16H18N4O9S/c1-7(9-2-3-11(30-9)20(26)27)28-16(25)19(10-4-5-17-15(24)18-10)14-13(23)12(22)8(6-21)29-14/h2-5,7-8,12-14,21-23H,6H2,1H3,(H,17,18,24)/t7?,8-,12-,13+,14-/m1/s1. The van der Waals surface area contributed by atoms with Gasteiger partial charge < -0.3 is 24.8 Å². The second kappa shape index (κ2) is 8.85. The van der Waals surface area contributed by atoms with Crippen molar-refractivity contribution in [3.8, 4) is 0 Å². The molecular formula is C16H18N4O9S. The van der Waals surface area contributed by atoms with E-state index in [-0.39, 0.29) is 10.8 Å². The Morgan fingerprint density at radius 3 is 2.73 bits per heavy atom. The molecule has 0 spiro atoms. The molecule has 1 amide bonds. The van der Waals surface area contributed by atoms with Crippen LogP contribution in [0.15, 0.2) is 29.2 Å². The Balaban J connectivity index is 1.88. The highest BCUT2D eigenvalue weighted by molar-refractivity contribution is 7.15. The quantitative estimate of drug-likeness (QED) is 0.347. The van der Waals surface area contributed by atoms with Gasteiger partial charge >= 0.3 is 16.8 Å². The molecule has 14 heteroatoms. The van der Waals surface area contributed by atoms with Gasteiger partial charge in [0.25, 0.3) is 0 Å². The molecule has 0 aromatic carbocycles. The second-order valence-electron chi connectivity index (χ2n) is 6.32. The zero-order chi connectivity index (χ0) is 22.0. The Hall–Kier alpha value is -2.91. The molecule has 3 rings (SSSR count). The summed E-state index contributed by atoms with van der Waals surface area (Å²) in [6, 6.07) is 3.96. The number of carbonyl (C=O) groups excluding carboxylic acids is 1. The molecule has 1 aliphatic rings. The van der Waals surface area contributed by atoms with Crippen LogP contribution in [0.4, 0.5) is 15.6 Å². The fourth-order valence-corrected chi connectivity index (χ4v) is 3.66. The lowest BCUT2D eigenvalue weighted by Gasteiger charge is -2.30. The van der Waals surface area contributed by atoms with Crippen molar-refractivity contribution in [2.24, 2.45) is 0 Å². The number of nitrogens with zero attached hydrogens (tertiary/aromatic N) is 3. The van der Waals surface area contributed by atoms with Gasteiger partial charge in [-0.25, -0.2) is 19.5 Å². The molecule has 0 radical (unpaired) electrons. The Kier molecular flexibility index (Phi) is 6.42. The van der Waals surface area contributed by atoms with E-state index in [0.717, 1.165) is 22.4 Å². The van der Waals surface area contributed by atoms with E-state index in [2.05, 4.69) is 9.97 Å². The molecule has 0 aliphatic carbocycles. The maximum atomic E-state index is 12.9. The molecule has 3 heterocycles. The Labute approximate surface area is 172 Å². The van der Waals surface area contributed by atoms with Crippen molar-refractivity contribution >= 4 is 28.2 Å². The van der Waals surface area contributed by atoms with Gasteiger partial charge in [-0.1, -0.05) is 11.3 Å². The summed E-state index contributed by atoms with van der Waals surface area (Å²) in [5.41, 5.74) is -0.793. The summed E-state index contributed by atoms with van der Waals surface area (Å²) in [5, 5.41) is 40.3. The summed E-state index contributed by atoms with van der Waals surface area (Å²) in [6.45, 7) is 0.859. The van der Waals surface area contributed by atoms with E-state index >= 15 is 0 Å². The van der Waals surface area contributed by atoms with Gasteiger partial charge in [0.2, 0.25) is 0 Å². The van der Waals surface area contributed by atoms with E-state index in [1.54, 1.807) is 0 Å². The fraction of sp³-hybridized carbons (Fsp3) is 0.438. The van der Waals surface area contributed by atoms with Crippen molar-refractivity contribution in [1.29, 1.82) is 0 Å². The minimum atomic E-state index is -1.62. The van der Waals surface area contributed by atoms with Gasteiger partial charge in [-0.15, -0.1) is 0 Å². The normalized spacial score (nSPS) is 24.4. The summed E-state index contributed by atoms with van der Waals surface area (Å²) in [7, 11) is 0. The average Bonchev–Trinajstić information content (AvgIpc) is 3.29. The molecule has 0 saturated carbocycles. The molecule has 2 aromatic rings. The fourth-order valence-electron chi connectivity index (χ4n) is 2.86. The maximum Gasteiger partial charge on any atom is 0.418 e. The molecule has 1 fully saturated rings. The average molecular weight is 442 g/mol. The Bertz CT molecular complexity index is 979. The minimum Gasteiger partial charge on any atom is -0.440 e. The topological polar surface area (TPSA) is 188 Å². The summed E-state index contributed by atoms with van der Waals surface area (Å²) >= 11 is 0.822. The number of ether oxygens (including phenoxy) is 2. The van der Waals surface area contributed by atoms with Crippen LogP contribution in [0.1, 0.15) is 17.9 Å². The SMILES string of the molecule is CC(OC(=O)N(c1ccnc(=O)[nH]1)[C@@H]1O[C@H](CO)[C@@H](O)[C@@H]1O)c1ccc([N+](=O)[O-])s1. The lowest BCUT2D eigenvalue weighted by atomic mass is 10.1. The first kappa shape index (κ1) is 21.8. The van der Waals surface area contributed by atoms with Crippen LogP contribution in [0, 0.1) is 10.1 Å². The van der Waals surface area contributed by atoms with Crippen molar-refractivity contribution < 1.29 is 34.5 Å². The van der Waals surface area contributed by atoms with Crippen LogP contribution in [0.5, 0.6) is 0 Å². The molecule has 13 nitrogen and oxygen atoms in total. The van der Waals surface area contributed by atoms with Crippen LogP contribution >= 0.6 is 11.3 Å². The number of aliphatic hydroxyl groups is 3. The highest BCUT2D eigenvalue weighted by Crippen LogP contribution is 2.32. The summed E-state index contributed by atoms with van der Waals surface area (Å²) in [4.78, 5) is 41.7. The lowest BCUT2D eigenvalue weighted by Crippen LogP contribution is -2.49. The highest BCUT2D eigenvalue weighted by Gasteiger charge is 2.48. The third kappa shape index (κ3) is 4.31. The summed E-state index contributed by atoms with van der Waals surface area (Å²) in [6.07, 6.45) is -6.66. The van der Waals surface area contributed by atoms with Crippen molar-refractivity contribution in [2.45, 2.75) is 37.6 Å². The number of amides is 1. The number of carbonyl (C=O) groups is 1. The number of hydrogen-bond acceptors (Lipinski definition) is 11. The van der Waals surface area contributed by atoms with Gasteiger partial charge in [0.15, 0.2) is 6.23 Å². The predicted octanol–water partition coefficient (Wildman–Crippen LogP) is -0.117. The van der Waals surface area contributed by atoms with Gasteiger partial charge in [0.05, 0.1) is 16.4 Å². The number of nitrogens with one attached hydrogen (secondary N) is 1. The van der Waals surface area contributed by atoms with Crippen molar-refractivity contribution in [3.63, 3.8) is 0 Å². The molecule has 162 valence electrons. The van der Waals surface area contributed by atoms with Crippen LogP contribution < -0.4 is 10.6 Å². The third-order valence-electron chi connectivity index (χ3n) is 4.36. The van der Waals surface area contributed by atoms with Gasteiger partial charge in [0, 0.05) is 12.3 Å². The molecule has 1 saturated heterocycles. The van der Waals surface area contributed by atoms with E-state index in [1.165, 1.54) is 25.1 Å². The number of aromatic amines is 1. The van der Waals surface area contributed by atoms with Crippen LogP contribution in [0.25, 0.3) is 0 Å². The largest absolute Gasteiger partial charge is 0.440 e. The zero-order valence-electron chi connectivity index (χ0n) is 15.4. The number of anilines is 1. The first-order valence-electron chi connectivity index (χ1n) is 8.64. The number of rotatable bonds is 6. The summed E-state index contributed by atoms with van der Waals surface area (Å²) < 4.78 is 10.7. The number of aromatic nitrogens is 2. The first-order chi connectivity index (χ1) is 14.2. The Morgan fingerprint density at radius 2 is 2.17 bits per heavy atom. The van der Waals surface area contributed by atoms with E-state index in [9.17, 15) is 35.0 Å². The van der Waals surface area contributed by atoms with Crippen LogP contribution in [0.3, 0.4) is 0 Å². The molecule has 4 N–H and O–H groups in total. The van der Waals surface area contributed by atoms with Gasteiger partial charge in [-0.05, 0) is 19.1 Å². The van der Waals surface area contributed by atoms with Crippen molar-refractivity contribution in [2.75, 3.05) is 11.5 Å². The number of aliphatic hydroxyl groups excluding tert-OH is 3. The monoisotopic (exact) mass is 442 g/mol.